The number of primary amides is 1. The number of carbonyl (C=O) groups is 3. The van der Waals surface area contributed by atoms with Crippen molar-refractivity contribution >= 4 is 17.9 Å². The van der Waals surface area contributed by atoms with Crippen LogP contribution in [0.15, 0.2) is 54.9 Å². The van der Waals surface area contributed by atoms with E-state index in [1.807, 2.05) is 62.6 Å². The molecule has 0 saturated carbocycles. The second-order valence-corrected chi connectivity index (χ2v) is 8.31. The van der Waals surface area contributed by atoms with Gasteiger partial charge in [0.15, 0.2) is 25.0 Å². The average molecular weight is 442 g/mol. The van der Waals surface area contributed by atoms with Crippen molar-refractivity contribution < 1.29 is 23.7 Å². The summed E-state index contributed by atoms with van der Waals surface area (Å²) in [5, 5.41) is 5.49. The molecule has 0 aliphatic heterocycles. The Morgan fingerprint density at radius 2 is 1.59 bits per heavy atom. The Morgan fingerprint density at radius 3 is 2.16 bits per heavy atom. The first-order valence-electron chi connectivity index (χ1n) is 10.8. The summed E-state index contributed by atoms with van der Waals surface area (Å²) in [6.07, 6.45) is 3.71. The number of nitrogens with zero attached hydrogens (tertiary/aromatic N) is 1. The Morgan fingerprint density at radius 1 is 0.969 bits per heavy atom. The van der Waals surface area contributed by atoms with E-state index in [1.54, 1.807) is 24.5 Å². The molecule has 0 unspecified atom stereocenters. The SMILES string of the molecule is CC(C)[C@H](NC(=O)c1cc[n+]([C@H](C)COC(=O)N[C@@H](C)Cc2ccccc2)cc1)C(N)=O. The molecular formula is C24H33N4O4+. The number of alkyl carbamates (subject to hydrolysis) is 1. The predicted molar refractivity (Wildman–Crippen MR) is 121 cm³/mol. The minimum atomic E-state index is -0.732. The number of carbonyl (C=O) groups excluding carboxylic acids is 3. The summed E-state index contributed by atoms with van der Waals surface area (Å²) in [6.45, 7) is 7.64. The minimum Gasteiger partial charge on any atom is -0.442 e. The van der Waals surface area contributed by atoms with Crippen molar-refractivity contribution in [3.63, 3.8) is 0 Å². The summed E-state index contributed by atoms with van der Waals surface area (Å²) in [5.41, 5.74) is 6.90. The van der Waals surface area contributed by atoms with E-state index in [0.717, 1.165) is 12.0 Å². The number of hydrogen-bond acceptors (Lipinski definition) is 4. The number of aromatic nitrogens is 1. The molecule has 0 aliphatic carbocycles. The summed E-state index contributed by atoms with van der Waals surface area (Å²) in [7, 11) is 0. The number of nitrogens with two attached hydrogens (primary N) is 1. The molecule has 0 fully saturated rings. The molecule has 8 heteroatoms. The van der Waals surface area contributed by atoms with Crippen LogP contribution in [0.2, 0.25) is 0 Å². The molecule has 0 spiro atoms. The first-order chi connectivity index (χ1) is 15.2. The minimum absolute atomic E-state index is 0.0549. The Labute approximate surface area is 189 Å². The van der Waals surface area contributed by atoms with E-state index in [1.165, 1.54) is 0 Å². The normalized spacial score (nSPS) is 13.7. The van der Waals surface area contributed by atoms with E-state index >= 15 is 0 Å². The molecule has 0 aliphatic rings. The summed E-state index contributed by atoms with van der Waals surface area (Å²) in [4.78, 5) is 36.0. The molecule has 0 bridgehead atoms. The summed E-state index contributed by atoms with van der Waals surface area (Å²) < 4.78 is 7.19. The zero-order valence-corrected chi connectivity index (χ0v) is 19.1. The Kier molecular flexibility index (Phi) is 9.19. The third-order valence-electron chi connectivity index (χ3n) is 5.09. The highest BCUT2D eigenvalue weighted by Gasteiger charge is 2.23. The molecule has 1 aromatic heterocycles. The van der Waals surface area contributed by atoms with Crippen LogP contribution in [0.25, 0.3) is 0 Å². The van der Waals surface area contributed by atoms with Gasteiger partial charge in [0, 0.05) is 25.1 Å². The van der Waals surface area contributed by atoms with Crippen molar-refractivity contribution in [1.29, 1.82) is 0 Å². The van der Waals surface area contributed by atoms with E-state index in [2.05, 4.69) is 10.6 Å². The third kappa shape index (κ3) is 7.68. The average Bonchev–Trinajstić information content (AvgIpc) is 2.75. The van der Waals surface area contributed by atoms with Gasteiger partial charge >= 0.3 is 6.09 Å². The van der Waals surface area contributed by atoms with Gasteiger partial charge in [0.05, 0.1) is 5.56 Å². The maximum Gasteiger partial charge on any atom is 0.407 e. The van der Waals surface area contributed by atoms with Gasteiger partial charge in [0.1, 0.15) is 6.04 Å². The van der Waals surface area contributed by atoms with Crippen molar-refractivity contribution in [3.05, 3.63) is 66.0 Å². The molecule has 1 aromatic carbocycles. The van der Waals surface area contributed by atoms with Crippen LogP contribution in [0, 0.1) is 5.92 Å². The largest absolute Gasteiger partial charge is 0.442 e. The van der Waals surface area contributed by atoms with Gasteiger partial charge in [0.25, 0.3) is 5.91 Å². The fourth-order valence-electron chi connectivity index (χ4n) is 3.22. The van der Waals surface area contributed by atoms with Gasteiger partial charge in [-0.1, -0.05) is 44.2 Å². The van der Waals surface area contributed by atoms with Gasteiger partial charge in [-0.2, -0.15) is 4.57 Å². The van der Waals surface area contributed by atoms with Gasteiger partial charge in [0.2, 0.25) is 5.91 Å². The van der Waals surface area contributed by atoms with Gasteiger partial charge < -0.3 is 21.1 Å². The highest BCUT2D eigenvalue weighted by molar-refractivity contribution is 5.97. The molecule has 8 nitrogen and oxygen atoms in total. The summed E-state index contributed by atoms with van der Waals surface area (Å²) in [5.74, 6) is -1.05. The van der Waals surface area contributed by atoms with Crippen LogP contribution >= 0.6 is 0 Å². The van der Waals surface area contributed by atoms with Gasteiger partial charge in [-0.15, -0.1) is 0 Å². The van der Waals surface area contributed by atoms with E-state index in [0.29, 0.717) is 5.56 Å². The summed E-state index contributed by atoms with van der Waals surface area (Å²) in [6, 6.07) is 12.3. The van der Waals surface area contributed by atoms with Crippen LogP contribution in [0.1, 0.15) is 49.7 Å². The van der Waals surface area contributed by atoms with Crippen LogP contribution in [0.5, 0.6) is 0 Å². The van der Waals surface area contributed by atoms with Crippen molar-refractivity contribution in [3.8, 4) is 0 Å². The first-order valence-corrected chi connectivity index (χ1v) is 10.8. The first kappa shape index (κ1) is 24.8. The molecule has 4 N–H and O–H groups in total. The molecule has 3 amide bonds. The standard InChI is InChI=1S/C24H32N4O4/c1-16(2)21(22(25)29)27-23(30)20-10-12-28(13-11-20)18(4)15-32-24(31)26-17(3)14-19-8-6-5-7-9-19/h5-13,16-18,21H,14-15H2,1-4H3,(H3-,25,26,27,29,30,31)/p+1/t17-,18+,21-/m0/s1. The molecule has 1 heterocycles. The quantitative estimate of drug-likeness (QED) is 0.490. The lowest BCUT2D eigenvalue weighted by atomic mass is 10.0. The smallest absolute Gasteiger partial charge is 0.407 e. The maximum absolute atomic E-state index is 12.4. The number of amides is 3. The lowest BCUT2D eigenvalue weighted by molar-refractivity contribution is -0.720. The monoisotopic (exact) mass is 441 g/mol. The predicted octanol–water partition coefficient (Wildman–Crippen LogP) is 2.13. The third-order valence-corrected chi connectivity index (χ3v) is 5.09. The molecule has 3 atom stereocenters. The van der Waals surface area contributed by atoms with Crippen LogP contribution in [-0.2, 0) is 16.0 Å². The zero-order chi connectivity index (χ0) is 23.7. The molecule has 0 radical (unpaired) electrons. The highest BCUT2D eigenvalue weighted by Crippen LogP contribution is 2.06. The zero-order valence-electron chi connectivity index (χ0n) is 19.1. The van der Waals surface area contributed by atoms with Crippen LogP contribution in [0.3, 0.4) is 0 Å². The second kappa shape index (κ2) is 11.8. The van der Waals surface area contributed by atoms with Crippen LogP contribution in [-0.4, -0.2) is 36.6 Å². The Balaban J connectivity index is 1.83. The maximum atomic E-state index is 12.4. The second-order valence-electron chi connectivity index (χ2n) is 8.31. The molecule has 172 valence electrons. The number of rotatable bonds is 10. The molecule has 2 rings (SSSR count). The van der Waals surface area contributed by atoms with E-state index in [4.69, 9.17) is 10.5 Å². The fourth-order valence-corrected chi connectivity index (χ4v) is 3.22. The lowest BCUT2D eigenvalue weighted by Crippen LogP contribution is -2.48. The Hall–Kier alpha value is -3.42. The number of ether oxygens (including phenoxy) is 1. The number of nitrogens with one attached hydrogen (secondary N) is 2. The number of pyridine rings is 1. The molecule has 0 saturated heterocycles. The fraction of sp³-hybridized carbons (Fsp3) is 0.417. The van der Waals surface area contributed by atoms with Crippen LogP contribution in [0.4, 0.5) is 4.79 Å². The van der Waals surface area contributed by atoms with Crippen LogP contribution < -0.4 is 20.9 Å². The van der Waals surface area contributed by atoms with Gasteiger partial charge in [-0.3, -0.25) is 9.59 Å². The number of hydrogen-bond donors (Lipinski definition) is 3. The molecule has 32 heavy (non-hydrogen) atoms. The van der Waals surface area contributed by atoms with Crippen molar-refractivity contribution in [2.75, 3.05) is 6.61 Å². The highest BCUT2D eigenvalue weighted by atomic mass is 16.5. The molecule has 2 aromatic rings. The molecular weight excluding hydrogens is 408 g/mol. The van der Waals surface area contributed by atoms with E-state index in [-0.39, 0.29) is 30.5 Å². The Bertz CT molecular complexity index is 900. The van der Waals surface area contributed by atoms with Crippen molar-refractivity contribution in [1.82, 2.24) is 10.6 Å². The van der Waals surface area contributed by atoms with E-state index in [9.17, 15) is 14.4 Å². The van der Waals surface area contributed by atoms with Crippen molar-refractivity contribution in [2.45, 2.75) is 52.2 Å². The number of benzene rings is 1. The van der Waals surface area contributed by atoms with Gasteiger partial charge in [-0.25, -0.2) is 4.79 Å². The van der Waals surface area contributed by atoms with E-state index < -0.39 is 18.0 Å². The topological polar surface area (TPSA) is 114 Å². The summed E-state index contributed by atoms with van der Waals surface area (Å²) >= 11 is 0. The van der Waals surface area contributed by atoms with Gasteiger partial charge in [-0.05, 0) is 24.8 Å². The lowest BCUT2D eigenvalue weighted by Gasteiger charge is -2.18. The van der Waals surface area contributed by atoms with Crippen molar-refractivity contribution in [2.24, 2.45) is 11.7 Å².